The number of likely N-dealkylation sites (N-methyl/N-ethyl adjacent to an activating group) is 1. The molecular formula is C27H32BrN3O4S. The molecule has 2 atom stereocenters. The maximum atomic E-state index is 13.5. The van der Waals surface area contributed by atoms with E-state index in [0.717, 1.165) is 31.5 Å². The first kappa shape index (κ1) is 27.8. The minimum Gasteiger partial charge on any atom is -0.352 e. The molecule has 3 rings (SSSR count). The van der Waals surface area contributed by atoms with E-state index in [0.29, 0.717) is 0 Å². The van der Waals surface area contributed by atoms with Crippen LogP contribution in [0.2, 0.25) is 0 Å². The zero-order valence-electron chi connectivity index (χ0n) is 20.9. The molecule has 0 bridgehead atoms. The summed E-state index contributed by atoms with van der Waals surface area (Å²) in [4.78, 5) is 27.9. The first-order chi connectivity index (χ1) is 17.0. The van der Waals surface area contributed by atoms with E-state index in [1.54, 1.807) is 25.1 Å². The molecule has 0 spiro atoms. The van der Waals surface area contributed by atoms with Crippen LogP contribution < -0.4 is 5.32 Å². The molecule has 0 fully saturated rings. The summed E-state index contributed by atoms with van der Waals surface area (Å²) < 4.78 is 28.5. The van der Waals surface area contributed by atoms with Crippen molar-refractivity contribution < 1.29 is 18.0 Å². The van der Waals surface area contributed by atoms with Gasteiger partial charge in [0.25, 0.3) is 0 Å². The Bertz CT molecular complexity index is 1350. The smallest absolute Gasteiger partial charge is 0.243 e. The number of hydrogen-bond donors (Lipinski definition) is 1. The van der Waals surface area contributed by atoms with E-state index in [-0.39, 0.29) is 23.4 Å². The van der Waals surface area contributed by atoms with Crippen molar-refractivity contribution in [2.75, 3.05) is 13.6 Å². The summed E-state index contributed by atoms with van der Waals surface area (Å²) in [7, 11) is -2.55. The van der Waals surface area contributed by atoms with Crippen LogP contribution in [-0.2, 0) is 26.2 Å². The van der Waals surface area contributed by atoms with Crippen molar-refractivity contribution in [2.45, 2.75) is 50.7 Å². The number of halogens is 1. The van der Waals surface area contributed by atoms with Crippen molar-refractivity contribution in [3.05, 3.63) is 76.8 Å². The van der Waals surface area contributed by atoms with Crippen LogP contribution in [0.3, 0.4) is 0 Å². The molecular weight excluding hydrogens is 542 g/mol. The van der Waals surface area contributed by atoms with Crippen molar-refractivity contribution in [1.29, 1.82) is 0 Å². The lowest BCUT2D eigenvalue weighted by Crippen LogP contribution is -2.51. The number of carbonyl (C=O) groups is 2. The fourth-order valence-electron chi connectivity index (χ4n) is 3.75. The predicted molar refractivity (Wildman–Crippen MR) is 146 cm³/mol. The van der Waals surface area contributed by atoms with Crippen molar-refractivity contribution in [3.63, 3.8) is 0 Å². The van der Waals surface area contributed by atoms with Gasteiger partial charge in [-0.25, -0.2) is 8.42 Å². The molecule has 0 aliphatic carbocycles. The third kappa shape index (κ3) is 6.72. The molecule has 2 amide bonds. The average molecular weight is 575 g/mol. The maximum Gasteiger partial charge on any atom is 0.243 e. The van der Waals surface area contributed by atoms with Crippen molar-refractivity contribution in [1.82, 2.24) is 14.5 Å². The van der Waals surface area contributed by atoms with Gasteiger partial charge in [0.2, 0.25) is 21.8 Å². The predicted octanol–water partition coefficient (Wildman–Crippen LogP) is 4.55. The summed E-state index contributed by atoms with van der Waals surface area (Å²) in [6, 6.07) is 19.0. The highest BCUT2D eigenvalue weighted by atomic mass is 79.9. The van der Waals surface area contributed by atoms with Crippen LogP contribution in [0.1, 0.15) is 32.8 Å². The third-order valence-corrected chi connectivity index (χ3v) is 8.49. The molecule has 0 saturated heterocycles. The number of rotatable bonds is 10. The number of nitrogens with one attached hydrogen (secondary N) is 1. The first-order valence-corrected chi connectivity index (χ1v) is 14.1. The molecule has 0 aliphatic rings. The Hall–Kier alpha value is -2.75. The normalized spacial score (nSPS) is 13.4. The summed E-state index contributed by atoms with van der Waals surface area (Å²) in [5, 5.41) is 4.64. The van der Waals surface area contributed by atoms with Gasteiger partial charge in [-0.05, 0) is 60.9 Å². The number of amides is 2. The molecule has 3 aromatic rings. The van der Waals surface area contributed by atoms with Gasteiger partial charge in [-0.2, -0.15) is 4.31 Å². The lowest BCUT2D eigenvalue weighted by atomic mass is 10.1. The van der Waals surface area contributed by atoms with Crippen LogP contribution >= 0.6 is 15.9 Å². The standard InChI is InChI=1S/C27H32BrN3O4S/c1-5-19(2)29-27(33)20(3)31(17-21-9-8-12-24(28)15-21)26(32)18-30(4)36(34,35)25-14-13-22-10-6-7-11-23(22)16-25/h6-16,19-20H,5,17-18H2,1-4H3,(H,29,33)/t19-,20-/m1/s1. The molecule has 36 heavy (non-hydrogen) atoms. The average Bonchev–Trinajstić information content (AvgIpc) is 2.86. The number of hydrogen-bond acceptors (Lipinski definition) is 4. The van der Waals surface area contributed by atoms with Crippen molar-refractivity contribution >= 4 is 48.5 Å². The summed E-state index contributed by atoms with van der Waals surface area (Å²) in [6.07, 6.45) is 0.755. The van der Waals surface area contributed by atoms with Crippen molar-refractivity contribution in [2.24, 2.45) is 0 Å². The van der Waals surface area contributed by atoms with Gasteiger partial charge < -0.3 is 10.2 Å². The Balaban J connectivity index is 1.85. The van der Waals surface area contributed by atoms with E-state index in [1.807, 2.05) is 62.4 Å². The van der Waals surface area contributed by atoms with Crippen LogP contribution in [0, 0.1) is 0 Å². The van der Waals surface area contributed by atoms with E-state index in [2.05, 4.69) is 21.2 Å². The van der Waals surface area contributed by atoms with E-state index >= 15 is 0 Å². The highest BCUT2D eigenvalue weighted by molar-refractivity contribution is 9.10. The minimum atomic E-state index is -3.93. The SMILES string of the molecule is CC[C@@H](C)NC(=O)[C@@H](C)N(Cc1cccc(Br)c1)C(=O)CN(C)S(=O)(=O)c1ccc2ccccc2c1. The molecule has 0 saturated carbocycles. The van der Waals surface area contributed by atoms with Gasteiger partial charge in [0.1, 0.15) is 6.04 Å². The Kier molecular flexibility index (Phi) is 9.27. The Labute approximate surface area is 221 Å². The summed E-state index contributed by atoms with van der Waals surface area (Å²) in [5.41, 5.74) is 0.820. The Morgan fingerprint density at radius 1 is 0.972 bits per heavy atom. The molecule has 0 aliphatic heterocycles. The zero-order valence-corrected chi connectivity index (χ0v) is 23.3. The molecule has 0 radical (unpaired) electrons. The van der Waals surface area contributed by atoms with Crippen molar-refractivity contribution in [3.8, 4) is 0 Å². The number of sulfonamides is 1. The maximum absolute atomic E-state index is 13.5. The van der Waals surface area contributed by atoms with Gasteiger partial charge in [0.15, 0.2) is 0 Å². The molecule has 9 heteroatoms. The molecule has 0 unspecified atom stereocenters. The van der Waals surface area contributed by atoms with Crippen LogP contribution in [0.4, 0.5) is 0 Å². The van der Waals surface area contributed by atoms with Crippen LogP contribution in [-0.4, -0.2) is 55.1 Å². The second kappa shape index (κ2) is 12.0. The Morgan fingerprint density at radius 3 is 2.33 bits per heavy atom. The summed E-state index contributed by atoms with van der Waals surface area (Å²) in [6.45, 7) is 5.29. The van der Waals surface area contributed by atoms with Gasteiger partial charge >= 0.3 is 0 Å². The molecule has 192 valence electrons. The van der Waals surface area contributed by atoms with E-state index in [1.165, 1.54) is 11.9 Å². The lowest BCUT2D eigenvalue weighted by molar-refractivity contribution is -0.140. The van der Waals surface area contributed by atoms with E-state index in [4.69, 9.17) is 0 Å². The number of benzene rings is 3. The third-order valence-electron chi connectivity index (χ3n) is 6.20. The molecule has 1 N–H and O–H groups in total. The lowest BCUT2D eigenvalue weighted by Gasteiger charge is -2.31. The monoisotopic (exact) mass is 573 g/mol. The van der Waals surface area contributed by atoms with Gasteiger partial charge in [0, 0.05) is 24.1 Å². The fraction of sp³-hybridized carbons (Fsp3) is 0.333. The summed E-state index contributed by atoms with van der Waals surface area (Å²) >= 11 is 3.44. The van der Waals surface area contributed by atoms with Crippen LogP contribution in [0.5, 0.6) is 0 Å². The van der Waals surface area contributed by atoms with Crippen LogP contribution in [0.25, 0.3) is 10.8 Å². The fourth-order valence-corrected chi connectivity index (χ4v) is 5.36. The molecule has 3 aromatic carbocycles. The Morgan fingerprint density at radius 2 is 1.67 bits per heavy atom. The highest BCUT2D eigenvalue weighted by Gasteiger charge is 2.30. The number of nitrogens with zero attached hydrogens (tertiary/aromatic N) is 2. The van der Waals surface area contributed by atoms with Gasteiger partial charge in [-0.1, -0.05) is 65.3 Å². The van der Waals surface area contributed by atoms with Gasteiger partial charge in [-0.3, -0.25) is 9.59 Å². The second-order valence-corrected chi connectivity index (χ2v) is 11.9. The molecule has 0 heterocycles. The second-order valence-electron chi connectivity index (χ2n) is 8.92. The number of carbonyl (C=O) groups excluding carboxylic acids is 2. The van der Waals surface area contributed by atoms with Gasteiger partial charge in [-0.15, -0.1) is 0 Å². The van der Waals surface area contributed by atoms with E-state index < -0.39 is 28.5 Å². The minimum absolute atomic E-state index is 0.0428. The topological polar surface area (TPSA) is 86.8 Å². The molecule has 0 aromatic heterocycles. The van der Waals surface area contributed by atoms with Crippen LogP contribution in [0.15, 0.2) is 76.1 Å². The van der Waals surface area contributed by atoms with E-state index in [9.17, 15) is 18.0 Å². The summed E-state index contributed by atoms with van der Waals surface area (Å²) in [5.74, 6) is -0.749. The highest BCUT2D eigenvalue weighted by Crippen LogP contribution is 2.22. The zero-order chi connectivity index (χ0) is 26.5. The first-order valence-electron chi connectivity index (χ1n) is 11.8. The number of fused-ring (bicyclic) bond motifs is 1. The quantitative estimate of drug-likeness (QED) is 0.385. The molecule has 7 nitrogen and oxygen atoms in total. The van der Waals surface area contributed by atoms with Gasteiger partial charge in [0.05, 0.1) is 11.4 Å². The largest absolute Gasteiger partial charge is 0.352 e.